The van der Waals surface area contributed by atoms with Crippen molar-refractivity contribution in [2.45, 2.75) is 45.2 Å². The topological polar surface area (TPSA) is 42.3 Å². The number of rotatable bonds is 6. The Morgan fingerprint density at radius 3 is 2.77 bits per heavy atom. The normalized spacial score (nSPS) is 18.8. The number of aromatic nitrogens is 2. The van der Waals surface area contributed by atoms with Crippen LogP contribution in [0.5, 0.6) is 5.75 Å². The number of anilines is 1. The lowest BCUT2D eigenvalue weighted by molar-refractivity contribution is 0.136. The Bertz CT molecular complexity index is 998. The Balaban J connectivity index is 1.52. The molecule has 3 heterocycles. The minimum atomic E-state index is 0.369. The molecule has 3 aromatic rings. The number of piperidine rings is 1. The van der Waals surface area contributed by atoms with E-state index >= 15 is 0 Å². The summed E-state index contributed by atoms with van der Waals surface area (Å²) in [5.41, 5.74) is 5.02. The lowest BCUT2D eigenvalue weighted by Crippen LogP contribution is -2.33. The summed E-state index contributed by atoms with van der Waals surface area (Å²) < 4.78 is 7.99. The molecule has 0 spiro atoms. The van der Waals surface area contributed by atoms with E-state index in [2.05, 4.69) is 57.4 Å². The number of nitrogens with zero attached hydrogens (tertiary/aromatic N) is 3. The van der Waals surface area contributed by atoms with Crippen LogP contribution in [-0.4, -0.2) is 34.4 Å². The fourth-order valence-electron chi connectivity index (χ4n) is 4.86. The van der Waals surface area contributed by atoms with Crippen LogP contribution in [0.4, 0.5) is 5.82 Å². The molecule has 2 aromatic carbocycles. The lowest BCUT2D eigenvalue weighted by Gasteiger charge is -2.35. The van der Waals surface area contributed by atoms with Crippen molar-refractivity contribution in [3.63, 3.8) is 0 Å². The molecule has 1 N–H and O–H groups in total. The number of likely N-dealkylation sites (tertiary alicyclic amines) is 1. The molecule has 0 amide bonds. The SMILES string of the molecule is CCOc1ccccc1-n1nc(C2CCCCN2Cc2ccccc2)c2c1NCC2. The van der Waals surface area contributed by atoms with E-state index in [4.69, 9.17) is 9.84 Å². The fraction of sp³-hybridized carbons (Fsp3) is 0.400. The first-order chi connectivity index (χ1) is 14.8. The quantitative estimate of drug-likeness (QED) is 0.632. The smallest absolute Gasteiger partial charge is 0.145 e. The van der Waals surface area contributed by atoms with Crippen LogP contribution >= 0.6 is 0 Å². The molecule has 156 valence electrons. The maximum atomic E-state index is 5.91. The maximum absolute atomic E-state index is 5.91. The summed E-state index contributed by atoms with van der Waals surface area (Å²) in [5.74, 6) is 2.03. The van der Waals surface area contributed by atoms with E-state index in [0.29, 0.717) is 12.6 Å². The van der Waals surface area contributed by atoms with Crippen LogP contribution in [0.1, 0.15) is 49.0 Å². The van der Waals surface area contributed by atoms with Gasteiger partial charge in [-0.05, 0) is 50.4 Å². The molecule has 2 aliphatic heterocycles. The van der Waals surface area contributed by atoms with Crippen LogP contribution in [0.25, 0.3) is 5.69 Å². The van der Waals surface area contributed by atoms with Crippen molar-refractivity contribution < 1.29 is 4.74 Å². The Labute approximate surface area is 178 Å². The summed E-state index contributed by atoms with van der Waals surface area (Å²) in [6.45, 7) is 5.76. The van der Waals surface area contributed by atoms with Gasteiger partial charge in [-0.3, -0.25) is 4.90 Å². The third kappa shape index (κ3) is 3.58. The zero-order valence-electron chi connectivity index (χ0n) is 17.7. The number of para-hydroxylation sites is 2. The summed E-state index contributed by atoms with van der Waals surface area (Å²) in [7, 11) is 0. The molecule has 2 aliphatic rings. The second kappa shape index (κ2) is 8.52. The summed E-state index contributed by atoms with van der Waals surface area (Å²) in [6.07, 6.45) is 4.73. The first-order valence-corrected chi connectivity index (χ1v) is 11.2. The van der Waals surface area contributed by atoms with E-state index in [1.165, 1.54) is 36.1 Å². The van der Waals surface area contributed by atoms with Crippen LogP contribution in [-0.2, 0) is 13.0 Å². The minimum absolute atomic E-state index is 0.369. The molecule has 5 rings (SSSR count). The highest BCUT2D eigenvalue weighted by Crippen LogP contribution is 2.39. The highest BCUT2D eigenvalue weighted by Gasteiger charge is 2.33. The molecule has 5 nitrogen and oxygen atoms in total. The summed E-state index contributed by atoms with van der Waals surface area (Å²) in [4.78, 5) is 2.62. The molecule has 1 atom stereocenters. The first-order valence-electron chi connectivity index (χ1n) is 11.2. The van der Waals surface area contributed by atoms with E-state index in [1.54, 1.807) is 0 Å². The lowest BCUT2D eigenvalue weighted by atomic mass is 9.95. The van der Waals surface area contributed by atoms with Crippen molar-refractivity contribution in [1.82, 2.24) is 14.7 Å². The van der Waals surface area contributed by atoms with Gasteiger partial charge in [-0.2, -0.15) is 5.10 Å². The number of ether oxygens (including phenoxy) is 1. The standard InChI is InChI=1S/C25H30N4O/c1-2-30-23-14-7-6-12-21(23)29-25-20(15-16-26-25)24(27-29)22-13-8-9-17-28(22)18-19-10-4-3-5-11-19/h3-7,10-12,14,22,26H,2,8-9,13,15-18H2,1H3. The van der Waals surface area contributed by atoms with Gasteiger partial charge >= 0.3 is 0 Å². The molecule has 1 saturated heterocycles. The molecular weight excluding hydrogens is 372 g/mol. The summed E-state index contributed by atoms with van der Waals surface area (Å²) in [5, 5.41) is 8.78. The van der Waals surface area contributed by atoms with Gasteiger partial charge in [0.15, 0.2) is 0 Å². The van der Waals surface area contributed by atoms with E-state index in [1.807, 2.05) is 19.1 Å². The first kappa shape index (κ1) is 19.2. The number of hydrogen-bond donors (Lipinski definition) is 1. The summed E-state index contributed by atoms with van der Waals surface area (Å²) in [6, 6.07) is 19.4. The molecule has 5 heteroatoms. The van der Waals surface area contributed by atoms with Crippen molar-refractivity contribution in [1.29, 1.82) is 0 Å². The van der Waals surface area contributed by atoms with Crippen LogP contribution in [0.3, 0.4) is 0 Å². The fourth-order valence-corrected chi connectivity index (χ4v) is 4.86. The number of fused-ring (bicyclic) bond motifs is 1. The van der Waals surface area contributed by atoms with Gasteiger partial charge in [-0.25, -0.2) is 4.68 Å². The molecule has 0 saturated carbocycles. The third-order valence-electron chi connectivity index (χ3n) is 6.23. The van der Waals surface area contributed by atoms with Gasteiger partial charge in [-0.1, -0.05) is 48.9 Å². The predicted molar refractivity (Wildman–Crippen MR) is 120 cm³/mol. The van der Waals surface area contributed by atoms with Gasteiger partial charge in [-0.15, -0.1) is 0 Å². The van der Waals surface area contributed by atoms with E-state index < -0.39 is 0 Å². The molecular formula is C25H30N4O. The largest absolute Gasteiger partial charge is 0.492 e. The maximum Gasteiger partial charge on any atom is 0.145 e. The summed E-state index contributed by atoms with van der Waals surface area (Å²) >= 11 is 0. The van der Waals surface area contributed by atoms with Gasteiger partial charge in [0.25, 0.3) is 0 Å². The average molecular weight is 403 g/mol. The van der Waals surface area contributed by atoms with Crippen LogP contribution < -0.4 is 10.1 Å². The van der Waals surface area contributed by atoms with Crippen molar-refractivity contribution in [2.24, 2.45) is 0 Å². The second-order valence-electron chi connectivity index (χ2n) is 8.17. The highest BCUT2D eigenvalue weighted by molar-refractivity contribution is 5.60. The van der Waals surface area contributed by atoms with Gasteiger partial charge in [0.2, 0.25) is 0 Å². The Morgan fingerprint density at radius 2 is 1.90 bits per heavy atom. The van der Waals surface area contributed by atoms with Crippen molar-refractivity contribution in [3.05, 3.63) is 71.4 Å². The molecule has 1 unspecified atom stereocenters. The number of benzene rings is 2. The zero-order chi connectivity index (χ0) is 20.3. The number of nitrogens with one attached hydrogen (secondary N) is 1. The minimum Gasteiger partial charge on any atom is -0.492 e. The van der Waals surface area contributed by atoms with Gasteiger partial charge in [0.1, 0.15) is 17.3 Å². The Hall–Kier alpha value is -2.79. The zero-order valence-corrected chi connectivity index (χ0v) is 17.7. The van der Waals surface area contributed by atoms with Crippen LogP contribution in [0, 0.1) is 0 Å². The van der Waals surface area contributed by atoms with Crippen LogP contribution in [0.15, 0.2) is 54.6 Å². The van der Waals surface area contributed by atoms with E-state index in [-0.39, 0.29) is 0 Å². The van der Waals surface area contributed by atoms with Crippen molar-refractivity contribution >= 4 is 5.82 Å². The molecule has 1 aromatic heterocycles. The molecule has 1 fully saturated rings. The molecule has 0 aliphatic carbocycles. The van der Waals surface area contributed by atoms with Gasteiger partial charge < -0.3 is 10.1 Å². The van der Waals surface area contributed by atoms with Gasteiger partial charge in [0, 0.05) is 18.7 Å². The molecule has 30 heavy (non-hydrogen) atoms. The van der Waals surface area contributed by atoms with Crippen LogP contribution in [0.2, 0.25) is 0 Å². The molecule has 0 bridgehead atoms. The van der Waals surface area contributed by atoms with Gasteiger partial charge in [0.05, 0.1) is 18.3 Å². The second-order valence-corrected chi connectivity index (χ2v) is 8.17. The Morgan fingerprint density at radius 1 is 1.07 bits per heavy atom. The monoisotopic (exact) mass is 402 g/mol. The third-order valence-corrected chi connectivity index (χ3v) is 6.23. The van der Waals surface area contributed by atoms with E-state index in [0.717, 1.165) is 43.3 Å². The van der Waals surface area contributed by atoms with Crippen molar-refractivity contribution in [3.8, 4) is 11.4 Å². The van der Waals surface area contributed by atoms with E-state index in [9.17, 15) is 0 Å². The number of hydrogen-bond acceptors (Lipinski definition) is 4. The Kier molecular flexibility index (Phi) is 5.45. The molecule has 0 radical (unpaired) electrons. The van der Waals surface area contributed by atoms with Crippen molar-refractivity contribution in [2.75, 3.05) is 25.0 Å². The predicted octanol–water partition coefficient (Wildman–Crippen LogP) is 4.97. The average Bonchev–Trinajstić information content (AvgIpc) is 3.39. The highest BCUT2D eigenvalue weighted by atomic mass is 16.5.